The molecular formula is C19H21N3O3. The van der Waals surface area contributed by atoms with Crippen LogP contribution in [0.15, 0.2) is 48.7 Å². The third-order valence-corrected chi connectivity index (χ3v) is 4.42. The molecule has 1 atom stereocenters. The second-order valence-electron chi connectivity index (χ2n) is 6.26. The summed E-state index contributed by atoms with van der Waals surface area (Å²) >= 11 is 0. The fourth-order valence-electron chi connectivity index (χ4n) is 3.27. The Labute approximate surface area is 146 Å². The Morgan fingerprint density at radius 3 is 2.76 bits per heavy atom. The molecule has 0 bridgehead atoms. The highest BCUT2D eigenvalue weighted by atomic mass is 16.5. The first-order valence-corrected chi connectivity index (χ1v) is 8.27. The summed E-state index contributed by atoms with van der Waals surface area (Å²) < 4.78 is 5.30. The Kier molecular flexibility index (Phi) is 4.70. The highest BCUT2D eigenvalue weighted by Gasteiger charge is 2.50. The number of hydrogen-bond acceptors (Lipinski definition) is 5. The second kappa shape index (κ2) is 6.93. The topological polar surface area (TPSA) is 85.5 Å². The number of pyridine rings is 1. The molecule has 0 saturated carbocycles. The number of carbonyl (C=O) groups is 2. The molecule has 130 valence electrons. The minimum atomic E-state index is -0.896. The minimum absolute atomic E-state index is 0.114. The van der Waals surface area contributed by atoms with Crippen LogP contribution in [0.5, 0.6) is 0 Å². The molecule has 1 aromatic heterocycles. The van der Waals surface area contributed by atoms with Crippen LogP contribution in [0.4, 0.5) is 11.5 Å². The number of anilines is 2. The SMILES string of the molecule is CCOC(=O)C1(Cc2ccccc2)CC(=O)N(c2ccnc(N)c2)C1. The van der Waals surface area contributed by atoms with E-state index in [1.54, 1.807) is 30.2 Å². The summed E-state index contributed by atoms with van der Waals surface area (Å²) in [6, 6.07) is 13.0. The number of nitrogen functional groups attached to an aromatic ring is 1. The maximum atomic E-state index is 12.7. The molecule has 1 aliphatic rings. The molecule has 1 fully saturated rings. The first-order chi connectivity index (χ1) is 12.0. The molecule has 6 heteroatoms. The monoisotopic (exact) mass is 339 g/mol. The third-order valence-electron chi connectivity index (χ3n) is 4.42. The number of esters is 1. The second-order valence-corrected chi connectivity index (χ2v) is 6.26. The Hall–Kier alpha value is -2.89. The molecule has 1 unspecified atom stereocenters. The lowest BCUT2D eigenvalue weighted by molar-refractivity contribution is -0.154. The van der Waals surface area contributed by atoms with E-state index in [1.807, 2.05) is 30.3 Å². The van der Waals surface area contributed by atoms with Gasteiger partial charge in [-0.3, -0.25) is 9.59 Å². The van der Waals surface area contributed by atoms with Crippen molar-refractivity contribution in [2.75, 3.05) is 23.8 Å². The van der Waals surface area contributed by atoms with E-state index in [1.165, 1.54) is 0 Å². The molecule has 1 aromatic carbocycles. The lowest BCUT2D eigenvalue weighted by Crippen LogP contribution is -2.38. The van der Waals surface area contributed by atoms with Crippen molar-refractivity contribution in [3.8, 4) is 0 Å². The van der Waals surface area contributed by atoms with E-state index in [0.29, 0.717) is 17.9 Å². The summed E-state index contributed by atoms with van der Waals surface area (Å²) in [6.45, 7) is 2.32. The molecule has 0 radical (unpaired) electrons. The lowest BCUT2D eigenvalue weighted by atomic mass is 9.80. The first-order valence-electron chi connectivity index (χ1n) is 8.27. The fourth-order valence-corrected chi connectivity index (χ4v) is 3.27. The maximum absolute atomic E-state index is 12.7. The maximum Gasteiger partial charge on any atom is 0.314 e. The van der Waals surface area contributed by atoms with Gasteiger partial charge in [0, 0.05) is 30.9 Å². The Bertz CT molecular complexity index is 778. The summed E-state index contributed by atoms with van der Waals surface area (Å²) in [4.78, 5) is 30.9. The van der Waals surface area contributed by atoms with E-state index < -0.39 is 5.41 Å². The smallest absolute Gasteiger partial charge is 0.314 e. The van der Waals surface area contributed by atoms with Gasteiger partial charge in [0.1, 0.15) is 5.82 Å². The van der Waals surface area contributed by atoms with Crippen LogP contribution in [-0.4, -0.2) is 30.0 Å². The van der Waals surface area contributed by atoms with E-state index in [2.05, 4.69) is 4.98 Å². The number of amides is 1. The Morgan fingerprint density at radius 2 is 2.08 bits per heavy atom. The fraction of sp³-hybridized carbons (Fsp3) is 0.316. The first kappa shape index (κ1) is 17.0. The van der Waals surface area contributed by atoms with Crippen molar-refractivity contribution in [3.05, 3.63) is 54.2 Å². The van der Waals surface area contributed by atoms with E-state index >= 15 is 0 Å². The van der Waals surface area contributed by atoms with Gasteiger partial charge in [0.15, 0.2) is 0 Å². The van der Waals surface area contributed by atoms with Crippen LogP contribution in [0.2, 0.25) is 0 Å². The quantitative estimate of drug-likeness (QED) is 0.844. The van der Waals surface area contributed by atoms with Crippen molar-refractivity contribution in [2.45, 2.75) is 19.8 Å². The van der Waals surface area contributed by atoms with Gasteiger partial charge in [0.05, 0.1) is 12.0 Å². The number of aromatic nitrogens is 1. The van der Waals surface area contributed by atoms with Crippen molar-refractivity contribution in [1.29, 1.82) is 0 Å². The van der Waals surface area contributed by atoms with Crippen molar-refractivity contribution >= 4 is 23.4 Å². The minimum Gasteiger partial charge on any atom is -0.465 e. The Morgan fingerprint density at radius 1 is 1.32 bits per heavy atom. The van der Waals surface area contributed by atoms with E-state index in [0.717, 1.165) is 5.56 Å². The number of nitrogens with two attached hydrogens (primary N) is 1. The highest BCUT2D eigenvalue weighted by Crippen LogP contribution is 2.39. The third kappa shape index (κ3) is 3.47. The van der Waals surface area contributed by atoms with E-state index in [4.69, 9.17) is 10.5 Å². The molecule has 2 aromatic rings. The number of rotatable bonds is 5. The zero-order valence-electron chi connectivity index (χ0n) is 14.1. The van der Waals surface area contributed by atoms with Gasteiger partial charge in [-0.05, 0) is 25.0 Å². The number of ether oxygens (including phenoxy) is 1. The normalized spacial score (nSPS) is 19.9. The Balaban J connectivity index is 1.93. The summed E-state index contributed by atoms with van der Waals surface area (Å²) in [5, 5.41) is 0. The number of carbonyl (C=O) groups excluding carboxylic acids is 2. The van der Waals surface area contributed by atoms with E-state index in [-0.39, 0.29) is 31.4 Å². The number of nitrogens with zero attached hydrogens (tertiary/aromatic N) is 2. The molecule has 2 N–H and O–H groups in total. The molecule has 1 amide bonds. The molecule has 3 rings (SSSR count). The summed E-state index contributed by atoms with van der Waals surface area (Å²) in [5.74, 6) is -0.117. The zero-order valence-corrected chi connectivity index (χ0v) is 14.1. The highest BCUT2D eigenvalue weighted by molar-refractivity contribution is 6.01. The van der Waals surface area contributed by atoms with Crippen LogP contribution < -0.4 is 10.6 Å². The van der Waals surface area contributed by atoms with Gasteiger partial charge in [-0.1, -0.05) is 30.3 Å². The largest absolute Gasteiger partial charge is 0.465 e. The van der Waals surface area contributed by atoms with Crippen molar-refractivity contribution in [1.82, 2.24) is 4.98 Å². The van der Waals surface area contributed by atoms with Crippen LogP contribution >= 0.6 is 0 Å². The van der Waals surface area contributed by atoms with Gasteiger partial charge < -0.3 is 15.4 Å². The van der Waals surface area contributed by atoms with Gasteiger partial charge in [-0.15, -0.1) is 0 Å². The average Bonchev–Trinajstić information content (AvgIpc) is 2.94. The predicted octanol–water partition coefficient (Wildman–Crippen LogP) is 2.19. The predicted molar refractivity (Wildman–Crippen MR) is 94.8 cm³/mol. The molecule has 6 nitrogen and oxygen atoms in total. The van der Waals surface area contributed by atoms with Crippen molar-refractivity contribution < 1.29 is 14.3 Å². The van der Waals surface area contributed by atoms with Crippen LogP contribution in [0.1, 0.15) is 18.9 Å². The number of hydrogen-bond donors (Lipinski definition) is 1. The van der Waals surface area contributed by atoms with Crippen molar-refractivity contribution in [2.24, 2.45) is 5.41 Å². The standard InChI is InChI=1S/C19H21N3O3/c1-2-25-18(24)19(11-14-6-4-3-5-7-14)12-17(23)22(13-19)15-8-9-21-16(20)10-15/h3-10H,2,11-13H2,1H3,(H2,20,21). The van der Waals surface area contributed by atoms with Crippen LogP contribution in [0.25, 0.3) is 0 Å². The van der Waals surface area contributed by atoms with Gasteiger partial charge in [0.2, 0.25) is 5.91 Å². The zero-order chi connectivity index (χ0) is 17.9. The van der Waals surface area contributed by atoms with Gasteiger partial charge in [-0.2, -0.15) is 0 Å². The number of benzene rings is 1. The van der Waals surface area contributed by atoms with Gasteiger partial charge >= 0.3 is 5.97 Å². The molecule has 0 spiro atoms. The summed E-state index contributed by atoms with van der Waals surface area (Å²) in [7, 11) is 0. The molecule has 0 aliphatic carbocycles. The average molecular weight is 339 g/mol. The molecule has 1 saturated heterocycles. The molecular weight excluding hydrogens is 318 g/mol. The molecule has 1 aliphatic heterocycles. The van der Waals surface area contributed by atoms with E-state index in [9.17, 15) is 9.59 Å². The van der Waals surface area contributed by atoms with Gasteiger partial charge in [0.25, 0.3) is 0 Å². The molecule has 25 heavy (non-hydrogen) atoms. The summed E-state index contributed by atoms with van der Waals surface area (Å²) in [6.07, 6.45) is 2.12. The van der Waals surface area contributed by atoms with Crippen LogP contribution in [0.3, 0.4) is 0 Å². The molecule has 2 heterocycles. The summed E-state index contributed by atoms with van der Waals surface area (Å²) in [5.41, 5.74) is 6.48. The van der Waals surface area contributed by atoms with Crippen molar-refractivity contribution in [3.63, 3.8) is 0 Å². The van der Waals surface area contributed by atoms with Crippen LogP contribution in [-0.2, 0) is 20.7 Å². The van der Waals surface area contributed by atoms with Gasteiger partial charge in [-0.25, -0.2) is 4.98 Å². The lowest BCUT2D eigenvalue weighted by Gasteiger charge is -2.26. The van der Waals surface area contributed by atoms with Crippen LogP contribution in [0, 0.1) is 5.41 Å².